The van der Waals surface area contributed by atoms with Gasteiger partial charge in [0.25, 0.3) is 0 Å². The lowest BCUT2D eigenvalue weighted by Gasteiger charge is -2.21. The van der Waals surface area contributed by atoms with Gasteiger partial charge in [0.2, 0.25) is 0 Å². The molecule has 0 aromatic rings. The monoisotopic (exact) mass is 248 g/mol. The third-order valence-corrected chi connectivity index (χ3v) is 9.92. The molecule has 0 heterocycles. The molecule has 0 aromatic carbocycles. The summed E-state index contributed by atoms with van der Waals surface area (Å²) in [5.41, 5.74) is 0. The Morgan fingerprint density at radius 2 is 1.18 bits per heavy atom. The van der Waals surface area contributed by atoms with Crippen molar-refractivity contribution in [2.24, 2.45) is 0 Å². The Morgan fingerprint density at radius 1 is 0.909 bits per heavy atom. The summed E-state index contributed by atoms with van der Waals surface area (Å²) < 4.78 is 10.7. The van der Waals surface area contributed by atoms with Crippen molar-refractivity contribution < 1.29 is 8.23 Å². The van der Waals surface area contributed by atoms with Crippen LogP contribution in [0.25, 0.3) is 0 Å². The highest BCUT2D eigenvalue weighted by atomic mass is 35.7. The van der Waals surface area contributed by atoms with E-state index in [0.29, 0.717) is 0 Å². The molecule has 7 heteroatoms. The Labute approximate surface area is 81.9 Å². The van der Waals surface area contributed by atoms with Crippen LogP contribution in [0.2, 0.25) is 26.2 Å². The SMILES string of the molecule is C[SiH](C)O[Si](Cl)(Cl)O[SiH](C)C. The maximum Gasteiger partial charge on any atom is 0.530 e. The summed E-state index contributed by atoms with van der Waals surface area (Å²) in [6, 6.07) is 0. The van der Waals surface area contributed by atoms with E-state index in [2.05, 4.69) is 0 Å². The second-order valence-electron chi connectivity index (χ2n) is 2.80. The van der Waals surface area contributed by atoms with E-state index in [-0.39, 0.29) is 0 Å². The van der Waals surface area contributed by atoms with Gasteiger partial charge in [0.1, 0.15) is 0 Å². The summed E-state index contributed by atoms with van der Waals surface area (Å²) in [6.07, 6.45) is 0. The van der Waals surface area contributed by atoms with Crippen LogP contribution >= 0.6 is 22.2 Å². The van der Waals surface area contributed by atoms with Crippen molar-refractivity contribution in [2.75, 3.05) is 0 Å². The van der Waals surface area contributed by atoms with Crippen LogP contribution in [0, 0.1) is 0 Å². The highest BCUT2D eigenvalue weighted by molar-refractivity contribution is 7.41. The molecule has 0 radical (unpaired) electrons. The molecular formula is C4H14Cl2O2Si3. The molecule has 68 valence electrons. The smallest absolute Gasteiger partial charge is 0.417 e. The molecule has 0 aliphatic rings. The van der Waals surface area contributed by atoms with Crippen molar-refractivity contribution in [3.63, 3.8) is 0 Å². The first-order valence-corrected chi connectivity index (χ1v) is 13.0. The molecule has 0 N–H and O–H groups in total. The molecule has 0 fully saturated rings. The molecule has 0 saturated heterocycles. The van der Waals surface area contributed by atoms with Gasteiger partial charge in [-0.25, -0.2) is 0 Å². The maximum absolute atomic E-state index is 5.86. The molecule has 0 aromatic heterocycles. The van der Waals surface area contributed by atoms with Crippen LogP contribution in [-0.2, 0) is 8.23 Å². The number of hydrogen-bond donors (Lipinski definition) is 0. The third-order valence-electron chi connectivity index (χ3n) is 0.746. The molecule has 2 nitrogen and oxygen atoms in total. The van der Waals surface area contributed by atoms with Crippen molar-refractivity contribution >= 4 is 47.4 Å². The predicted octanol–water partition coefficient (Wildman–Crippen LogP) is 1.90. The minimum Gasteiger partial charge on any atom is -0.417 e. The van der Waals surface area contributed by atoms with E-state index in [9.17, 15) is 0 Å². The highest BCUT2D eigenvalue weighted by Gasteiger charge is 2.35. The molecule has 0 bridgehead atoms. The summed E-state index contributed by atoms with van der Waals surface area (Å²) in [7, 11) is -5.08. The Hall–Kier alpha value is 1.15. The molecule has 0 amide bonds. The Bertz CT molecular complexity index is 108. The first kappa shape index (κ1) is 12.2. The van der Waals surface area contributed by atoms with Gasteiger partial charge in [-0.2, -0.15) is 0 Å². The fraction of sp³-hybridized carbons (Fsp3) is 1.00. The van der Waals surface area contributed by atoms with Crippen molar-refractivity contribution in [1.82, 2.24) is 0 Å². The van der Waals surface area contributed by atoms with E-state index >= 15 is 0 Å². The lowest BCUT2D eigenvalue weighted by atomic mass is 11.9. The standard InChI is InChI=1S/C4H14Cl2O2Si3/c1-9(2)7-11(5,6)8-10(3)4/h9-10H,1-4H3. The van der Waals surface area contributed by atoms with E-state index in [4.69, 9.17) is 30.4 Å². The van der Waals surface area contributed by atoms with Gasteiger partial charge >= 0.3 is 7.18 Å². The Morgan fingerprint density at radius 3 is 1.36 bits per heavy atom. The second-order valence-corrected chi connectivity index (χ2v) is 13.4. The van der Waals surface area contributed by atoms with Crippen molar-refractivity contribution in [3.8, 4) is 0 Å². The van der Waals surface area contributed by atoms with E-state index in [1.54, 1.807) is 0 Å². The summed E-state index contributed by atoms with van der Waals surface area (Å²) in [4.78, 5) is 0. The van der Waals surface area contributed by atoms with Gasteiger partial charge in [-0.15, -0.1) is 0 Å². The number of hydrogen-bond acceptors (Lipinski definition) is 2. The molecule has 0 spiro atoms. The van der Waals surface area contributed by atoms with Crippen LogP contribution < -0.4 is 0 Å². The Kier molecular flexibility index (Phi) is 5.53. The lowest BCUT2D eigenvalue weighted by molar-refractivity contribution is 0.454. The molecule has 0 rings (SSSR count). The van der Waals surface area contributed by atoms with Crippen LogP contribution in [0.15, 0.2) is 0 Å². The minimum atomic E-state index is -2.76. The highest BCUT2D eigenvalue weighted by Crippen LogP contribution is 2.20. The van der Waals surface area contributed by atoms with E-state index in [0.717, 1.165) is 0 Å². The van der Waals surface area contributed by atoms with Crippen LogP contribution in [0.3, 0.4) is 0 Å². The quantitative estimate of drug-likeness (QED) is 0.559. The van der Waals surface area contributed by atoms with Gasteiger partial charge in [-0.05, 0) is 26.2 Å². The predicted molar refractivity (Wildman–Crippen MR) is 57.4 cm³/mol. The first-order valence-electron chi connectivity index (χ1n) is 3.57. The van der Waals surface area contributed by atoms with Crippen LogP contribution in [0.1, 0.15) is 0 Å². The zero-order chi connectivity index (χ0) is 9.07. The lowest BCUT2D eigenvalue weighted by Crippen LogP contribution is -2.37. The van der Waals surface area contributed by atoms with Crippen LogP contribution in [-0.4, -0.2) is 25.3 Å². The zero-order valence-electron chi connectivity index (χ0n) is 7.23. The summed E-state index contributed by atoms with van der Waals surface area (Å²) in [6.45, 7) is 8.10. The van der Waals surface area contributed by atoms with Gasteiger partial charge in [0.15, 0.2) is 18.1 Å². The van der Waals surface area contributed by atoms with Gasteiger partial charge < -0.3 is 8.23 Å². The first-order chi connectivity index (χ1) is 4.83. The normalized spacial score (nSPS) is 13.1. The fourth-order valence-corrected chi connectivity index (χ4v) is 12.1. The molecule has 0 aliphatic carbocycles. The van der Waals surface area contributed by atoms with E-state index in [1.165, 1.54) is 0 Å². The maximum atomic E-state index is 5.86. The molecule has 0 unspecified atom stereocenters. The zero-order valence-corrected chi connectivity index (χ0v) is 12.0. The Balaban J connectivity index is 3.79. The average Bonchev–Trinajstić information content (AvgIpc) is 1.53. The number of halogens is 2. The summed E-state index contributed by atoms with van der Waals surface area (Å²) in [5, 5.41) is 0. The van der Waals surface area contributed by atoms with Crippen molar-refractivity contribution in [1.29, 1.82) is 0 Å². The largest absolute Gasteiger partial charge is 0.530 e. The van der Waals surface area contributed by atoms with E-state index in [1.807, 2.05) is 26.2 Å². The molecule has 0 saturated carbocycles. The van der Waals surface area contributed by atoms with Gasteiger partial charge in [0, 0.05) is 0 Å². The minimum absolute atomic E-state index is 1.16. The van der Waals surface area contributed by atoms with Gasteiger partial charge in [0.05, 0.1) is 0 Å². The molecule has 11 heavy (non-hydrogen) atoms. The van der Waals surface area contributed by atoms with Crippen LogP contribution in [0.5, 0.6) is 0 Å². The van der Waals surface area contributed by atoms with Crippen LogP contribution in [0.4, 0.5) is 0 Å². The summed E-state index contributed by atoms with van der Waals surface area (Å²) >= 11 is 11.7. The average molecular weight is 249 g/mol. The third kappa shape index (κ3) is 7.51. The molecular weight excluding hydrogens is 235 g/mol. The van der Waals surface area contributed by atoms with E-state index < -0.39 is 25.3 Å². The summed E-state index contributed by atoms with van der Waals surface area (Å²) in [5.74, 6) is 0. The second kappa shape index (κ2) is 5.01. The van der Waals surface area contributed by atoms with Gasteiger partial charge in [-0.1, -0.05) is 22.2 Å². The van der Waals surface area contributed by atoms with Crippen molar-refractivity contribution in [2.45, 2.75) is 26.2 Å². The van der Waals surface area contributed by atoms with Crippen molar-refractivity contribution in [3.05, 3.63) is 0 Å². The topological polar surface area (TPSA) is 18.5 Å². The van der Waals surface area contributed by atoms with Gasteiger partial charge in [-0.3, -0.25) is 0 Å². The number of rotatable bonds is 4. The molecule has 0 aliphatic heterocycles. The fourth-order valence-electron chi connectivity index (χ4n) is 0.577. The molecule has 0 atom stereocenters.